The van der Waals surface area contributed by atoms with E-state index in [4.69, 9.17) is 18.9 Å². The number of methoxy groups -OCH3 is 4. The van der Waals surface area contributed by atoms with E-state index in [1.807, 2.05) is 28.4 Å². The van der Waals surface area contributed by atoms with E-state index in [1.165, 1.54) is 111 Å². The van der Waals surface area contributed by atoms with E-state index in [0.29, 0.717) is 0 Å². The summed E-state index contributed by atoms with van der Waals surface area (Å²) in [6.07, 6.45) is 3.24. The Balaban J connectivity index is 2.00. The molecule has 0 spiro atoms. The lowest BCUT2D eigenvalue weighted by atomic mass is 9.78. The van der Waals surface area contributed by atoms with E-state index >= 15 is 0 Å². The molecule has 256 valence electrons. The topological polar surface area (TPSA) is 36.9 Å². The molecule has 0 fully saturated rings. The predicted octanol–water partition coefficient (Wildman–Crippen LogP) is 10.1. The van der Waals surface area contributed by atoms with Crippen LogP contribution in [0, 0.1) is 83.1 Å². The van der Waals surface area contributed by atoms with Gasteiger partial charge in [-0.3, -0.25) is 0 Å². The summed E-state index contributed by atoms with van der Waals surface area (Å²) in [6, 6.07) is 0. The van der Waals surface area contributed by atoms with Crippen LogP contribution in [0.15, 0.2) is 0 Å². The minimum absolute atomic E-state index is 0.809. The number of ether oxygens (including phenoxy) is 4. The highest BCUT2D eigenvalue weighted by atomic mass is 16.5. The first-order valence-electron chi connectivity index (χ1n) is 17.3. The van der Waals surface area contributed by atoms with Gasteiger partial charge in [-0.05, 0) is 220 Å². The maximum absolute atomic E-state index is 6.18. The molecule has 1 aliphatic rings. The molecule has 8 bridgehead atoms. The summed E-state index contributed by atoms with van der Waals surface area (Å²) in [4.78, 5) is 0. The molecule has 48 heavy (non-hydrogen) atoms. The first-order valence-corrected chi connectivity index (χ1v) is 17.3. The van der Waals surface area contributed by atoms with E-state index in [9.17, 15) is 0 Å². The number of fused-ring (bicyclic) bond motifs is 8. The van der Waals surface area contributed by atoms with E-state index in [2.05, 4.69) is 83.1 Å². The Bertz CT molecular complexity index is 1570. The quantitative estimate of drug-likeness (QED) is 0.194. The molecule has 0 atom stereocenters. The molecule has 4 aromatic carbocycles. The van der Waals surface area contributed by atoms with Crippen molar-refractivity contribution in [3.8, 4) is 23.0 Å². The third-order valence-electron chi connectivity index (χ3n) is 12.2. The molecule has 0 N–H and O–H groups in total. The average molecular weight is 649 g/mol. The van der Waals surface area contributed by atoms with E-state index in [1.54, 1.807) is 0 Å². The highest BCUT2D eigenvalue weighted by molar-refractivity contribution is 5.65. The molecule has 0 aliphatic heterocycles. The van der Waals surface area contributed by atoms with Crippen molar-refractivity contribution >= 4 is 0 Å². The number of hydrogen-bond acceptors (Lipinski definition) is 4. The molecule has 4 nitrogen and oxygen atoms in total. The van der Waals surface area contributed by atoms with Crippen LogP contribution in [0.4, 0.5) is 0 Å². The van der Waals surface area contributed by atoms with Gasteiger partial charge < -0.3 is 18.9 Å². The second kappa shape index (κ2) is 13.2. The van der Waals surface area contributed by atoms with Gasteiger partial charge in [0, 0.05) is 0 Å². The van der Waals surface area contributed by atoms with Gasteiger partial charge >= 0.3 is 0 Å². The molecule has 0 saturated heterocycles. The van der Waals surface area contributed by atoms with Crippen LogP contribution >= 0.6 is 0 Å². The standard InChI is InChI=1S/C44H56O4/c1-21-33-17-35-22(2)37(29(9)42(46-14)27(35)7)19-39-24(4)40(32(12)44(48-16)31(39)11)20-38-23(3)36(28(8)43(47-15)30(38)10)18-34(21)26(6)41(45-13)25(33)5/h17-20H2,1-16H3. The molecule has 0 saturated carbocycles. The Morgan fingerprint density at radius 3 is 0.458 bits per heavy atom. The van der Waals surface area contributed by atoms with Gasteiger partial charge in [-0.1, -0.05) is 0 Å². The maximum atomic E-state index is 6.18. The van der Waals surface area contributed by atoms with Crippen LogP contribution in [0.5, 0.6) is 23.0 Å². The molecule has 1 aliphatic carbocycles. The largest absolute Gasteiger partial charge is 0.496 e. The van der Waals surface area contributed by atoms with Crippen molar-refractivity contribution < 1.29 is 18.9 Å². The van der Waals surface area contributed by atoms with Crippen LogP contribution in [0.2, 0.25) is 0 Å². The molecule has 0 heterocycles. The Morgan fingerprint density at radius 1 is 0.229 bits per heavy atom. The molecule has 0 amide bonds. The van der Waals surface area contributed by atoms with Crippen LogP contribution in [0.25, 0.3) is 0 Å². The minimum atomic E-state index is 0.809. The Kier molecular flexibility index (Phi) is 9.72. The van der Waals surface area contributed by atoms with Crippen molar-refractivity contribution in [2.24, 2.45) is 0 Å². The highest BCUT2D eigenvalue weighted by Gasteiger charge is 2.28. The zero-order valence-corrected chi connectivity index (χ0v) is 32.5. The van der Waals surface area contributed by atoms with Crippen molar-refractivity contribution in [1.29, 1.82) is 0 Å². The molecular weight excluding hydrogens is 592 g/mol. The Labute approximate surface area is 289 Å². The summed E-state index contributed by atoms with van der Waals surface area (Å²) in [7, 11) is 7.25. The SMILES string of the molecule is COc1c(C)c2c(C)c(c1C)Cc1c(C)c(c(C)c(OC)c1C)Cc1c(C)c(c(C)c(OC)c1C)Cc1c(C)c(c(C)c(OC)c1C)C2. The normalized spacial score (nSPS) is 12.7. The van der Waals surface area contributed by atoms with E-state index in [0.717, 1.165) is 48.7 Å². The van der Waals surface area contributed by atoms with Crippen LogP contribution in [0.3, 0.4) is 0 Å². The lowest BCUT2D eigenvalue weighted by Crippen LogP contribution is -2.14. The number of benzene rings is 4. The lowest BCUT2D eigenvalue weighted by Gasteiger charge is -2.29. The summed E-state index contributed by atoms with van der Waals surface area (Å²) < 4.78 is 24.7. The van der Waals surface area contributed by atoms with Gasteiger partial charge in [0.1, 0.15) is 23.0 Å². The Morgan fingerprint density at radius 2 is 0.354 bits per heavy atom. The third kappa shape index (κ3) is 5.27. The van der Waals surface area contributed by atoms with Gasteiger partial charge in [0.05, 0.1) is 28.4 Å². The first-order chi connectivity index (χ1) is 22.7. The van der Waals surface area contributed by atoms with Gasteiger partial charge in [0.2, 0.25) is 0 Å². The number of rotatable bonds is 4. The zero-order valence-electron chi connectivity index (χ0n) is 32.5. The van der Waals surface area contributed by atoms with Crippen molar-refractivity contribution in [2.45, 2.75) is 109 Å². The predicted molar refractivity (Wildman–Crippen MR) is 200 cm³/mol. The van der Waals surface area contributed by atoms with Crippen LogP contribution in [-0.4, -0.2) is 28.4 Å². The molecule has 0 radical (unpaired) electrons. The fraction of sp³-hybridized carbons (Fsp3) is 0.455. The van der Waals surface area contributed by atoms with Crippen LogP contribution in [-0.2, 0) is 25.7 Å². The second-order valence-electron chi connectivity index (χ2n) is 14.2. The smallest absolute Gasteiger partial charge is 0.125 e. The summed E-state index contributed by atoms with van der Waals surface area (Å²) in [5.41, 5.74) is 25.8. The summed E-state index contributed by atoms with van der Waals surface area (Å²) in [5.74, 6) is 3.94. The van der Waals surface area contributed by atoms with Crippen molar-refractivity contribution in [1.82, 2.24) is 0 Å². The molecular formula is C44H56O4. The first kappa shape index (κ1) is 35.4. The number of hydrogen-bond donors (Lipinski definition) is 0. The minimum Gasteiger partial charge on any atom is -0.496 e. The summed E-state index contributed by atoms with van der Waals surface area (Å²) >= 11 is 0. The van der Waals surface area contributed by atoms with Gasteiger partial charge in [-0.25, -0.2) is 0 Å². The van der Waals surface area contributed by atoms with Gasteiger partial charge in [-0.2, -0.15) is 0 Å². The zero-order chi connectivity index (χ0) is 35.5. The van der Waals surface area contributed by atoms with Crippen molar-refractivity contribution in [3.63, 3.8) is 0 Å². The monoisotopic (exact) mass is 648 g/mol. The third-order valence-corrected chi connectivity index (χ3v) is 12.2. The van der Waals surface area contributed by atoms with Crippen molar-refractivity contribution in [3.05, 3.63) is 111 Å². The molecule has 4 heteroatoms. The molecule has 5 rings (SSSR count). The van der Waals surface area contributed by atoms with Gasteiger partial charge in [0.25, 0.3) is 0 Å². The Hall–Kier alpha value is -3.92. The highest BCUT2D eigenvalue weighted by Crippen LogP contribution is 2.44. The summed E-state index contributed by atoms with van der Waals surface area (Å²) in [6.45, 7) is 27.1. The fourth-order valence-corrected chi connectivity index (χ4v) is 9.25. The fourth-order valence-electron chi connectivity index (χ4n) is 9.25. The summed E-state index contributed by atoms with van der Waals surface area (Å²) in [5, 5.41) is 0. The second-order valence-corrected chi connectivity index (χ2v) is 14.2. The van der Waals surface area contributed by atoms with Crippen LogP contribution < -0.4 is 18.9 Å². The van der Waals surface area contributed by atoms with E-state index in [-0.39, 0.29) is 0 Å². The molecule has 0 aromatic heterocycles. The molecule has 4 aromatic rings. The van der Waals surface area contributed by atoms with Gasteiger partial charge in [-0.15, -0.1) is 0 Å². The van der Waals surface area contributed by atoms with Crippen LogP contribution in [0.1, 0.15) is 111 Å². The average Bonchev–Trinajstić information content (AvgIpc) is 3.04. The van der Waals surface area contributed by atoms with Gasteiger partial charge in [0.15, 0.2) is 0 Å². The van der Waals surface area contributed by atoms with E-state index < -0.39 is 0 Å². The van der Waals surface area contributed by atoms with Crippen molar-refractivity contribution in [2.75, 3.05) is 28.4 Å². The maximum Gasteiger partial charge on any atom is 0.125 e. The lowest BCUT2D eigenvalue weighted by molar-refractivity contribution is 0.405. The molecule has 0 unspecified atom stereocenters.